The van der Waals surface area contributed by atoms with Crippen LogP contribution in [-0.2, 0) is 14.3 Å². The summed E-state index contributed by atoms with van der Waals surface area (Å²) < 4.78 is 5.17. The van der Waals surface area contributed by atoms with Crippen molar-refractivity contribution in [3.05, 3.63) is 0 Å². The lowest BCUT2D eigenvalue weighted by atomic mass is 9.73. The summed E-state index contributed by atoms with van der Waals surface area (Å²) in [5.74, 6) is -1.27. The van der Waals surface area contributed by atoms with Crippen LogP contribution < -0.4 is 10.6 Å². The Morgan fingerprint density at radius 2 is 1.52 bits per heavy atom. The first-order chi connectivity index (χ1) is 9.35. The van der Waals surface area contributed by atoms with Crippen molar-refractivity contribution in [2.75, 3.05) is 0 Å². The van der Waals surface area contributed by atoms with Gasteiger partial charge in [-0.05, 0) is 60.8 Å². The van der Waals surface area contributed by atoms with Gasteiger partial charge in [-0.1, -0.05) is 0 Å². The second-order valence-electron chi connectivity index (χ2n) is 7.60. The molecule has 2 N–H and O–H groups in total. The lowest BCUT2D eigenvalue weighted by molar-refractivity contribution is -0.144. The van der Waals surface area contributed by atoms with Crippen LogP contribution in [-0.4, -0.2) is 34.5 Å². The molecule has 2 amide bonds. The minimum Gasteiger partial charge on any atom is -0.444 e. The van der Waals surface area contributed by atoms with Crippen molar-refractivity contribution >= 4 is 17.8 Å². The van der Waals surface area contributed by atoms with Gasteiger partial charge in [0.2, 0.25) is 5.78 Å². The van der Waals surface area contributed by atoms with E-state index >= 15 is 0 Å². The number of alkyl carbamates (subject to hydrolysis) is 1. The summed E-state index contributed by atoms with van der Waals surface area (Å²) in [5, 5.41) is 5.22. The fourth-order valence-corrected chi connectivity index (χ4v) is 2.05. The highest BCUT2D eigenvalue weighted by Gasteiger charge is 2.49. The van der Waals surface area contributed by atoms with E-state index in [4.69, 9.17) is 4.74 Å². The molecular formula is C15H26N2O4. The molecule has 1 rings (SSSR count). The molecule has 0 aliphatic heterocycles. The molecule has 6 nitrogen and oxygen atoms in total. The first-order valence-corrected chi connectivity index (χ1v) is 7.23. The number of amides is 2. The van der Waals surface area contributed by atoms with Crippen molar-refractivity contribution in [2.45, 2.75) is 77.5 Å². The topological polar surface area (TPSA) is 84.5 Å². The molecule has 6 heteroatoms. The third kappa shape index (κ3) is 5.02. The second-order valence-corrected chi connectivity index (χ2v) is 7.60. The molecule has 0 saturated heterocycles. The SMILES string of the molecule is CC(C)(C)NC(=O)C(=O)C1(NC(=O)OC(C)(C)C)CCC1. The first-order valence-electron chi connectivity index (χ1n) is 7.23. The zero-order valence-corrected chi connectivity index (χ0v) is 13.8. The summed E-state index contributed by atoms with van der Waals surface area (Å²) in [6, 6.07) is 0. The molecule has 0 aromatic rings. The third-order valence-corrected chi connectivity index (χ3v) is 3.08. The molecule has 1 fully saturated rings. The van der Waals surface area contributed by atoms with Gasteiger partial charge in [-0.2, -0.15) is 0 Å². The second kappa shape index (κ2) is 5.66. The van der Waals surface area contributed by atoms with E-state index in [2.05, 4.69) is 10.6 Å². The van der Waals surface area contributed by atoms with E-state index in [0.717, 1.165) is 6.42 Å². The predicted octanol–water partition coefficient (Wildman–Crippen LogP) is 1.92. The van der Waals surface area contributed by atoms with Crippen LogP contribution in [0.25, 0.3) is 0 Å². The van der Waals surface area contributed by atoms with E-state index in [1.165, 1.54) is 0 Å². The van der Waals surface area contributed by atoms with Gasteiger partial charge in [0.25, 0.3) is 5.91 Å². The highest BCUT2D eigenvalue weighted by atomic mass is 16.6. The van der Waals surface area contributed by atoms with E-state index in [0.29, 0.717) is 12.8 Å². The summed E-state index contributed by atoms with van der Waals surface area (Å²) in [4.78, 5) is 36.2. The lowest BCUT2D eigenvalue weighted by Gasteiger charge is -2.40. The van der Waals surface area contributed by atoms with Crippen molar-refractivity contribution in [3.63, 3.8) is 0 Å². The summed E-state index contributed by atoms with van der Waals surface area (Å²) in [7, 11) is 0. The Kier molecular flexibility index (Phi) is 4.70. The molecule has 1 aliphatic carbocycles. The molecule has 1 saturated carbocycles. The number of rotatable bonds is 3. The highest BCUT2D eigenvalue weighted by molar-refractivity contribution is 6.40. The molecular weight excluding hydrogens is 272 g/mol. The van der Waals surface area contributed by atoms with Gasteiger partial charge in [0.1, 0.15) is 11.1 Å². The van der Waals surface area contributed by atoms with Crippen LogP contribution >= 0.6 is 0 Å². The van der Waals surface area contributed by atoms with Crippen LogP contribution in [0.3, 0.4) is 0 Å². The molecule has 120 valence electrons. The number of ether oxygens (including phenoxy) is 1. The predicted molar refractivity (Wildman–Crippen MR) is 78.9 cm³/mol. The Bertz CT molecular complexity index is 440. The molecule has 0 radical (unpaired) electrons. The van der Waals surface area contributed by atoms with Gasteiger partial charge in [-0.25, -0.2) is 4.79 Å². The fraction of sp³-hybridized carbons (Fsp3) is 0.800. The first kappa shape index (κ1) is 17.5. The van der Waals surface area contributed by atoms with Gasteiger partial charge in [0.15, 0.2) is 0 Å². The van der Waals surface area contributed by atoms with Gasteiger partial charge in [-0.15, -0.1) is 0 Å². The maximum absolute atomic E-state index is 12.3. The van der Waals surface area contributed by atoms with Gasteiger partial charge < -0.3 is 15.4 Å². The van der Waals surface area contributed by atoms with Gasteiger partial charge >= 0.3 is 6.09 Å². The molecule has 0 aromatic carbocycles. The van der Waals surface area contributed by atoms with E-state index in [1.54, 1.807) is 41.5 Å². The standard InChI is InChI=1S/C15H26N2O4/c1-13(2,3)16-11(19)10(18)15(8-7-9-15)17-12(20)21-14(4,5)6/h7-9H2,1-6H3,(H,16,19)(H,17,20). The Balaban J connectivity index is 2.74. The average Bonchev–Trinajstić information content (AvgIpc) is 2.17. The quantitative estimate of drug-likeness (QED) is 0.780. The molecule has 21 heavy (non-hydrogen) atoms. The van der Waals surface area contributed by atoms with Crippen LogP contribution in [0.15, 0.2) is 0 Å². The Morgan fingerprint density at radius 1 is 1.00 bits per heavy atom. The van der Waals surface area contributed by atoms with E-state index in [-0.39, 0.29) is 0 Å². The largest absolute Gasteiger partial charge is 0.444 e. The van der Waals surface area contributed by atoms with Crippen LogP contribution in [0.4, 0.5) is 4.79 Å². The number of ketones is 1. The lowest BCUT2D eigenvalue weighted by Crippen LogP contribution is -2.64. The molecule has 1 aliphatic rings. The summed E-state index contributed by atoms with van der Waals surface area (Å²) >= 11 is 0. The third-order valence-electron chi connectivity index (χ3n) is 3.08. The van der Waals surface area contributed by atoms with Crippen LogP contribution in [0, 0.1) is 0 Å². The number of hydrogen-bond acceptors (Lipinski definition) is 4. The van der Waals surface area contributed by atoms with Gasteiger partial charge in [-0.3, -0.25) is 9.59 Å². The fourth-order valence-electron chi connectivity index (χ4n) is 2.05. The van der Waals surface area contributed by atoms with Gasteiger partial charge in [0, 0.05) is 5.54 Å². The minimum atomic E-state index is -1.11. The van der Waals surface area contributed by atoms with Crippen molar-refractivity contribution < 1.29 is 19.1 Å². The molecule has 0 aromatic heterocycles. The number of nitrogens with one attached hydrogen (secondary N) is 2. The minimum absolute atomic E-state index is 0.461. The summed E-state index contributed by atoms with van der Waals surface area (Å²) in [5.41, 5.74) is -2.26. The van der Waals surface area contributed by atoms with Crippen LogP contribution in [0.2, 0.25) is 0 Å². The number of carbonyl (C=O) groups excluding carboxylic acids is 3. The van der Waals surface area contributed by atoms with E-state index in [1.807, 2.05) is 0 Å². The Hall–Kier alpha value is -1.59. The summed E-state index contributed by atoms with van der Waals surface area (Å²) in [6.45, 7) is 10.6. The average molecular weight is 298 g/mol. The van der Waals surface area contributed by atoms with Crippen molar-refractivity contribution in [1.29, 1.82) is 0 Å². The molecule has 0 atom stereocenters. The maximum Gasteiger partial charge on any atom is 0.408 e. The van der Waals surface area contributed by atoms with Crippen LogP contribution in [0.5, 0.6) is 0 Å². The van der Waals surface area contributed by atoms with Crippen LogP contribution in [0.1, 0.15) is 60.8 Å². The van der Waals surface area contributed by atoms with Gasteiger partial charge in [0.05, 0.1) is 0 Å². The molecule has 0 spiro atoms. The molecule has 0 bridgehead atoms. The molecule has 0 unspecified atom stereocenters. The zero-order valence-electron chi connectivity index (χ0n) is 13.8. The van der Waals surface area contributed by atoms with Crippen molar-refractivity contribution in [2.24, 2.45) is 0 Å². The number of Topliss-reactive ketones (excluding diaryl/α,β-unsaturated/α-hetero) is 1. The Morgan fingerprint density at radius 3 is 1.86 bits per heavy atom. The Labute approximate surface area is 126 Å². The van der Waals surface area contributed by atoms with Crippen molar-refractivity contribution in [3.8, 4) is 0 Å². The summed E-state index contributed by atoms with van der Waals surface area (Å²) in [6.07, 6.45) is 1.05. The highest BCUT2D eigenvalue weighted by Crippen LogP contribution is 2.33. The van der Waals surface area contributed by atoms with E-state index < -0.39 is 34.5 Å². The normalized spacial score (nSPS) is 17.4. The number of hydrogen-bond donors (Lipinski definition) is 2. The maximum atomic E-state index is 12.3. The van der Waals surface area contributed by atoms with Crippen molar-refractivity contribution in [1.82, 2.24) is 10.6 Å². The monoisotopic (exact) mass is 298 g/mol. The smallest absolute Gasteiger partial charge is 0.408 e. The zero-order chi connectivity index (χ0) is 16.5. The molecule has 0 heterocycles. The van der Waals surface area contributed by atoms with E-state index in [9.17, 15) is 14.4 Å². The number of carbonyl (C=O) groups is 3.